The van der Waals surface area contributed by atoms with Gasteiger partial charge in [0.15, 0.2) is 17.6 Å². The summed E-state index contributed by atoms with van der Waals surface area (Å²) in [6.45, 7) is 3.93. The number of hydrogen-bond acceptors (Lipinski definition) is 4. The van der Waals surface area contributed by atoms with E-state index in [1.165, 1.54) is 0 Å². The van der Waals surface area contributed by atoms with Crippen molar-refractivity contribution in [2.45, 2.75) is 20.0 Å². The van der Waals surface area contributed by atoms with Crippen LogP contribution in [0.5, 0.6) is 11.5 Å². The van der Waals surface area contributed by atoms with Crippen LogP contribution in [-0.4, -0.2) is 18.6 Å². The van der Waals surface area contributed by atoms with E-state index in [4.69, 9.17) is 14.7 Å². The summed E-state index contributed by atoms with van der Waals surface area (Å²) in [7, 11) is 0. The predicted molar refractivity (Wildman–Crippen MR) is 95.2 cm³/mol. The molecule has 6 heteroatoms. The largest absolute Gasteiger partial charge is 0.490 e. The molecule has 0 aliphatic heterocycles. The van der Waals surface area contributed by atoms with E-state index in [-0.39, 0.29) is 5.91 Å². The number of nitrogens with zero attached hydrogens (tertiary/aromatic N) is 1. The molecule has 0 spiro atoms. The summed E-state index contributed by atoms with van der Waals surface area (Å²) in [6.07, 6.45) is -0.726. The van der Waals surface area contributed by atoms with Crippen LogP contribution in [-0.2, 0) is 4.79 Å². The molecule has 2 aromatic carbocycles. The lowest BCUT2D eigenvalue weighted by atomic mass is 10.2. The SMILES string of the molecule is CCOc1cc(C#N)ccc1O[C@H](C)C(=O)Nc1cccc(Br)c1. The van der Waals surface area contributed by atoms with Crippen LogP contribution in [0.15, 0.2) is 46.9 Å². The van der Waals surface area contributed by atoms with Crippen LogP contribution in [0, 0.1) is 11.3 Å². The molecule has 0 saturated heterocycles. The van der Waals surface area contributed by atoms with Gasteiger partial charge in [-0.15, -0.1) is 0 Å². The van der Waals surface area contributed by atoms with Crippen LogP contribution in [0.1, 0.15) is 19.4 Å². The molecule has 5 nitrogen and oxygen atoms in total. The molecule has 24 heavy (non-hydrogen) atoms. The van der Waals surface area contributed by atoms with Gasteiger partial charge in [-0.25, -0.2) is 0 Å². The van der Waals surface area contributed by atoms with Crippen LogP contribution in [0.4, 0.5) is 5.69 Å². The Morgan fingerprint density at radius 1 is 1.29 bits per heavy atom. The van der Waals surface area contributed by atoms with E-state index in [2.05, 4.69) is 21.2 Å². The van der Waals surface area contributed by atoms with Crippen LogP contribution in [0.2, 0.25) is 0 Å². The fourth-order valence-corrected chi connectivity index (χ4v) is 2.40. The fraction of sp³-hybridized carbons (Fsp3) is 0.222. The fourth-order valence-electron chi connectivity index (χ4n) is 2.00. The molecule has 0 saturated carbocycles. The molecule has 1 amide bonds. The standard InChI is InChI=1S/C18H17BrN2O3/c1-3-23-17-9-13(11-20)7-8-16(17)24-12(2)18(22)21-15-6-4-5-14(19)10-15/h4-10,12H,3H2,1-2H3,(H,21,22)/t12-/m1/s1. The molecule has 1 atom stereocenters. The van der Waals surface area contributed by atoms with Crippen molar-refractivity contribution in [2.24, 2.45) is 0 Å². The van der Waals surface area contributed by atoms with E-state index < -0.39 is 6.10 Å². The summed E-state index contributed by atoms with van der Waals surface area (Å²) >= 11 is 3.36. The van der Waals surface area contributed by atoms with Crippen molar-refractivity contribution in [3.8, 4) is 17.6 Å². The molecule has 2 aromatic rings. The molecule has 0 unspecified atom stereocenters. The van der Waals surface area contributed by atoms with Crippen LogP contribution in [0.3, 0.4) is 0 Å². The van der Waals surface area contributed by atoms with Gasteiger partial charge in [0.2, 0.25) is 0 Å². The maximum Gasteiger partial charge on any atom is 0.265 e. The van der Waals surface area contributed by atoms with Crippen LogP contribution < -0.4 is 14.8 Å². The lowest BCUT2D eigenvalue weighted by molar-refractivity contribution is -0.122. The van der Waals surface area contributed by atoms with Gasteiger partial charge < -0.3 is 14.8 Å². The number of nitrogens with one attached hydrogen (secondary N) is 1. The second-order valence-corrected chi connectivity index (χ2v) is 5.88. The maximum atomic E-state index is 12.3. The Labute approximate surface area is 149 Å². The molecular formula is C18H17BrN2O3. The number of anilines is 1. The average Bonchev–Trinajstić information content (AvgIpc) is 2.56. The molecule has 2 rings (SSSR count). The number of benzene rings is 2. The lowest BCUT2D eigenvalue weighted by Gasteiger charge is -2.17. The molecule has 0 fully saturated rings. The highest BCUT2D eigenvalue weighted by Gasteiger charge is 2.17. The van der Waals surface area contributed by atoms with Gasteiger partial charge in [0.1, 0.15) is 0 Å². The van der Waals surface area contributed by atoms with Crippen molar-refractivity contribution in [3.05, 3.63) is 52.5 Å². The first kappa shape index (κ1) is 17.8. The zero-order chi connectivity index (χ0) is 17.5. The van der Waals surface area contributed by atoms with Crippen molar-refractivity contribution in [2.75, 3.05) is 11.9 Å². The third-order valence-corrected chi connectivity index (χ3v) is 3.63. The summed E-state index contributed by atoms with van der Waals surface area (Å²) in [5.74, 6) is 0.589. The number of carbonyl (C=O) groups excluding carboxylic acids is 1. The summed E-state index contributed by atoms with van der Waals surface area (Å²) in [4.78, 5) is 12.3. The van der Waals surface area contributed by atoms with Crippen LogP contribution in [0.25, 0.3) is 0 Å². The van der Waals surface area contributed by atoms with E-state index in [1.807, 2.05) is 25.1 Å². The van der Waals surface area contributed by atoms with Gasteiger partial charge in [0.25, 0.3) is 5.91 Å². The van der Waals surface area contributed by atoms with E-state index in [0.29, 0.717) is 29.4 Å². The summed E-state index contributed by atoms with van der Waals surface area (Å²) in [5, 5.41) is 11.8. The topological polar surface area (TPSA) is 71.3 Å². The van der Waals surface area contributed by atoms with Crippen molar-refractivity contribution in [3.63, 3.8) is 0 Å². The Bertz CT molecular complexity index is 771. The minimum absolute atomic E-state index is 0.278. The molecule has 0 radical (unpaired) electrons. The smallest absolute Gasteiger partial charge is 0.265 e. The molecule has 0 bridgehead atoms. The van der Waals surface area contributed by atoms with E-state index in [1.54, 1.807) is 37.3 Å². The summed E-state index contributed by atoms with van der Waals surface area (Å²) < 4.78 is 12.1. The first-order valence-corrected chi connectivity index (χ1v) is 8.22. The number of ether oxygens (including phenoxy) is 2. The Morgan fingerprint density at radius 3 is 2.75 bits per heavy atom. The van der Waals surface area contributed by atoms with Gasteiger partial charge in [0.05, 0.1) is 18.2 Å². The van der Waals surface area contributed by atoms with Gasteiger partial charge in [0, 0.05) is 16.2 Å². The molecular weight excluding hydrogens is 372 g/mol. The molecule has 0 aliphatic carbocycles. The van der Waals surface area contributed by atoms with E-state index in [0.717, 1.165) is 4.47 Å². The maximum absolute atomic E-state index is 12.3. The van der Waals surface area contributed by atoms with E-state index in [9.17, 15) is 4.79 Å². The number of nitriles is 1. The number of halogens is 1. The Kier molecular flexibility index (Phi) is 6.21. The molecule has 0 aliphatic rings. The average molecular weight is 389 g/mol. The normalized spacial score (nSPS) is 11.2. The first-order chi connectivity index (χ1) is 11.5. The van der Waals surface area contributed by atoms with Crippen LogP contribution >= 0.6 is 15.9 Å². The third-order valence-electron chi connectivity index (χ3n) is 3.14. The van der Waals surface area contributed by atoms with Gasteiger partial charge in [-0.05, 0) is 44.2 Å². The van der Waals surface area contributed by atoms with Gasteiger partial charge in [-0.2, -0.15) is 5.26 Å². The highest BCUT2D eigenvalue weighted by atomic mass is 79.9. The number of hydrogen-bond donors (Lipinski definition) is 1. The van der Waals surface area contributed by atoms with Gasteiger partial charge >= 0.3 is 0 Å². The highest BCUT2D eigenvalue weighted by Crippen LogP contribution is 2.29. The predicted octanol–water partition coefficient (Wildman–Crippen LogP) is 4.13. The lowest BCUT2D eigenvalue weighted by Crippen LogP contribution is -2.30. The zero-order valence-corrected chi connectivity index (χ0v) is 15.0. The quantitative estimate of drug-likeness (QED) is 0.807. The van der Waals surface area contributed by atoms with E-state index >= 15 is 0 Å². The number of rotatable bonds is 6. The second-order valence-electron chi connectivity index (χ2n) is 4.97. The number of carbonyl (C=O) groups is 1. The minimum Gasteiger partial charge on any atom is -0.490 e. The number of amides is 1. The summed E-state index contributed by atoms with van der Waals surface area (Å²) in [6, 6.07) is 14.2. The Morgan fingerprint density at radius 2 is 2.08 bits per heavy atom. The van der Waals surface area contributed by atoms with Crippen molar-refractivity contribution in [1.82, 2.24) is 0 Å². The first-order valence-electron chi connectivity index (χ1n) is 7.43. The molecule has 1 N–H and O–H groups in total. The van der Waals surface area contributed by atoms with Crippen molar-refractivity contribution >= 4 is 27.5 Å². The minimum atomic E-state index is -0.726. The third kappa shape index (κ3) is 4.74. The summed E-state index contributed by atoms with van der Waals surface area (Å²) in [5.41, 5.74) is 1.15. The van der Waals surface area contributed by atoms with Crippen molar-refractivity contribution < 1.29 is 14.3 Å². The van der Waals surface area contributed by atoms with Crippen molar-refractivity contribution in [1.29, 1.82) is 5.26 Å². The van der Waals surface area contributed by atoms with Gasteiger partial charge in [-0.3, -0.25) is 4.79 Å². The van der Waals surface area contributed by atoms with Gasteiger partial charge in [-0.1, -0.05) is 22.0 Å². The molecule has 124 valence electrons. The molecule has 0 aromatic heterocycles. The zero-order valence-electron chi connectivity index (χ0n) is 13.4. The Balaban J connectivity index is 2.09. The monoisotopic (exact) mass is 388 g/mol. The Hall–Kier alpha value is -2.52. The molecule has 0 heterocycles. The highest BCUT2D eigenvalue weighted by molar-refractivity contribution is 9.10. The second kappa shape index (κ2) is 8.37.